The van der Waals surface area contributed by atoms with E-state index in [1.165, 1.54) is 11.3 Å². The van der Waals surface area contributed by atoms with Gasteiger partial charge in [0.15, 0.2) is 5.13 Å². The van der Waals surface area contributed by atoms with E-state index in [9.17, 15) is 4.79 Å². The summed E-state index contributed by atoms with van der Waals surface area (Å²) in [6.07, 6.45) is 0. The summed E-state index contributed by atoms with van der Waals surface area (Å²) in [6.45, 7) is 0.444. The minimum absolute atomic E-state index is 0.0743. The van der Waals surface area contributed by atoms with Gasteiger partial charge in [0.2, 0.25) is 0 Å². The van der Waals surface area contributed by atoms with E-state index in [0.29, 0.717) is 22.3 Å². The molecule has 0 spiro atoms. The highest BCUT2D eigenvalue weighted by Gasteiger charge is 2.22. The van der Waals surface area contributed by atoms with Crippen molar-refractivity contribution in [1.29, 1.82) is 0 Å². The van der Waals surface area contributed by atoms with Crippen LogP contribution in [0.1, 0.15) is 15.9 Å². The molecule has 0 unspecified atom stereocenters. The van der Waals surface area contributed by atoms with Gasteiger partial charge in [0.1, 0.15) is 0 Å². The third kappa shape index (κ3) is 3.67. The number of thiazole rings is 1. The Balaban J connectivity index is 1.59. The molecular formula is C25H17ClN2OS. The molecule has 5 rings (SSSR count). The van der Waals surface area contributed by atoms with Crippen LogP contribution in [-0.2, 0) is 6.54 Å². The van der Waals surface area contributed by atoms with E-state index in [4.69, 9.17) is 16.6 Å². The molecule has 0 radical (unpaired) electrons. The predicted molar refractivity (Wildman–Crippen MR) is 126 cm³/mol. The molecule has 5 heteroatoms. The topological polar surface area (TPSA) is 33.2 Å². The quantitative estimate of drug-likeness (QED) is 0.310. The zero-order valence-electron chi connectivity index (χ0n) is 16.0. The summed E-state index contributed by atoms with van der Waals surface area (Å²) in [7, 11) is 0. The average molecular weight is 429 g/mol. The second kappa shape index (κ2) is 7.90. The van der Waals surface area contributed by atoms with E-state index < -0.39 is 0 Å². The third-order valence-electron chi connectivity index (χ3n) is 5.00. The number of hydrogen-bond acceptors (Lipinski definition) is 3. The zero-order chi connectivity index (χ0) is 20.5. The largest absolute Gasteiger partial charge is 0.279 e. The number of carbonyl (C=O) groups is 1. The molecule has 0 atom stereocenters. The van der Waals surface area contributed by atoms with Crippen molar-refractivity contribution in [3.8, 4) is 0 Å². The third-order valence-corrected chi connectivity index (χ3v) is 6.27. The van der Waals surface area contributed by atoms with Crippen LogP contribution in [0.5, 0.6) is 0 Å². The van der Waals surface area contributed by atoms with E-state index in [2.05, 4.69) is 0 Å². The summed E-state index contributed by atoms with van der Waals surface area (Å²) in [5, 5.41) is 3.47. The maximum atomic E-state index is 13.6. The summed E-state index contributed by atoms with van der Waals surface area (Å²) in [4.78, 5) is 20.1. The number of amides is 1. The first-order chi connectivity index (χ1) is 14.7. The fourth-order valence-electron chi connectivity index (χ4n) is 3.47. The molecule has 1 amide bonds. The van der Waals surface area contributed by atoms with Crippen LogP contribution in [0, 0.1) is 0 Å². The van der Waals surface area contributed by atoms with Gasteiger partial charge in [-0.1, -0.05) is 83.6 Å². The summed E-state index contributed by atoms with van der Waals surface area (Å²) in [5.41, 5.74) is 2.52. The molecule has 4 aromatic carbocycles. The lowest BCUT2D eigenvalue weighted by atomic mass is 10.1. The number of benzene rings is 4. The minimum Gasteiger partial charge on any atom is -0.279 e. The van der Waals surface area contributed by atoms with Gasteiger partial charge in [-0.2, -0.15) is 0 Å². The number of halogens is 1. The normalized spacial score (nSPS) is 11.1. The smallest absolute Gasteiger partial charge is 0.260 e. The predicted octanol–water partition coefficient (Wildman–Crippen LogP) is 6.95. The van der Waals surface area contributed by atoms with Crippen LogP contribution in [0.3, 0.4) is 0 Å². The molecular weight excluding hydrogens is 412 g/mol. The molecule has 5 aromatic rings. The van der Waals surface area contributed by atoms with E-state index >= 15 is 0 Å². The molecule has 0 N–H and O–H groups in total. The van der Waals surface area contributed by atoms with E-state index in [0.717, 1.165) is 26.6 Å². The van der Waals surface area contributed by atoms with Crippen molar-refractivity contribution in [2.24, 2.45) is 0 Å². The number of carbonyl (C=O) groups excluding carboxylic acids is 1. The van der Waals surface area contributed by atoms with Gasteiger partial charge in [-0.25, -0.2) is 4.98 Å². The Morgan fingerprint density at radius 2 is 1.63 bits per heavy atom. The van der Waals surface area contributed by atoms with Crippen molar-refractivity contribution in [2.75, 3.05) is 4.90 Å². The first-order valence-electron chi connectivity index (χ1n) is 9.58. The Kier molecular flexibility index (Phi) is 4.95. The molecule has 1 aromatic heterocycles. The van der Waals surface area contributed by atoms with Crippen molar-refractivity contribution >= 4 is 55.0 Å². The van der Waals surface area contributed by atoms with Crippen LogP contribution in [0.15, 0.2) is 91.0 Å². The van der Waals surface area contributed by atoms with Crippen LogP contribution in [0.4, 0.5) is 5.13 Å². The second-order valence-corrected chi connectivity index (χ2v) is 8.49. The first-order valence-corrected chi connectivity index (χ1v) is 10.8. The highest BCUT2D eigenvalue weighted by molar-refractivity contribution is 7.22. The fourth-order valence-corrected chi connectivity index (χ4v) is 4.71. The van der Waals surface area contributed by atoms with Gasteiger partial charge in [-0.05, 0) is 46.7 Å². The Morgan fingerprint density at radius 3 is 2.47 bits per heavy atom. The maximum absolute atomic E-state index is 13.6. The van der Waals surface area contributed by atoms with E-state index in [1.807, 2.05) is 91.0 Å². The lowest BCUT2D eigenvalue weighted by Gasteiger charge is -2.20. The van der Waals surface area contributed by atoms with Gasteiger partial charge in [0.05, 0.1) is 16.8 Å². The van der Waals surface area contributed by atoms with Crippen LogP contribution in [-0.4, -0.2) is 10.9 Å². The molecule has 146 valence electrons. The van der Waals surface area contributed by atoms with Crippen molar-refractivity contribution in [1.82, 2.24) is 4.98 Å². The summed E-state index contributed by atoms with van der Waals surface area (Å²) >= 11 is 7.62. The van der Waals surface area contributed by atoms with Gasteiger partial charge in [-0.3, -0.25) is 9.69 Å². The number of aromatic nitrogens is 1. The Labute approximate surface area is 183 Å². The standard InChI is InChI=1S/C25H17ClN2OS/c26-21-12-13-22-23(15-21)30-25(27-22)28(16-17-6-2-1-3-7-17)24(29)20-11-10-18-8-4-5-9-19(18)14-20/h1-15H,16H2. The van der Waals surface area contributed by atoms with Gasteiger partial charge in [0, 0.05) is 10.6 Å². The van der Waals surface area contributed by atoms with Crippen molar-refractivity contribution < 1.29 is 4.79 Å². The zero-order valence-corrected chi connectivity index (χ0v) is 17.5. The first kappa shape index (κ1) is 18.8. The van der Waals surface area contributed by atoms with E-state index in [1.54, 1.807) is 4.90 Å². The molecule has 0 fully saturated rings. The van der Waals surface area contributed by atoms with Crippen molar-refractivity contribution in [3.63, 3.8) is 0 Å². The van der Waals surface area contributed by atoms with Crippen molar-refractivity contribution in [3.05, 3.63) is 107 Å². The lowest BCUT2D eigenvalue weighted by Crippen LogP contribution is -2.30. The summed E-state index contributed by atoms with van der Waals surface area (Å²) in [6, 6.07) is 29.4. The maximum Gasteiger partial charge on any atom is 0.260 e. The second-order valence-electron chi connectivity index (χ2n) is 7.05. The summed E-state index contributed by atoms with van der Waals surface area (Å²) in [5.74, 6) is -0.0743. The van der Waals surface area contributed by atoms with Gasteiger partial charge in [0.25, 0.3) is 5.91 Å². The molecule has 3 nitrogen and oxygen atoms in total. The average Bonchev–Trinajstić information content (AvgIpc) is 3.20. The molecule has 30 heavy (non-hydrogen) atoms. The molecule has 0 aliphatic rings. The van der Waals surface area contributed by atoms with Crippen LogP contribution in [0.25, 0.3) is 21.0 Å². The number of hydrogen-bond donors (Lipinski definition) is 0. The minimum atomic E-state index is -0.0743. The lowest BCUT2D eigenvalue weighted by molar-refractivity contribution is 0.0985. The number of fused-ring (bicyclic) bond motifs is 2. The van der Waals surface area contributed by atoms with Gasteiger partial charge < -0.3 is 0 Å². The molecule has 0 saturated carbocycles. The molecule has 0 aliphatic carbocycles. The van der Waals surface area contributed by atoms with Crippen LogP contribution >= 0.6 is 22.9 Å². The Bertz CT molecular complexity index is 1360. The highest BCUT2D eigenvalue weighted by atomic mass is 35.5. The van der Waals surface area contributed by atoms with Gasteiger partial charge in [-0.15, -0.1) is 0 Å². The number of anilines is 1. The van der Waals surface area contributed by atoms with Crippen LogP contribution in [0.2, 0.25) is 5.02 Å². The molecule has 0 aliphatic heterocycles. The fraction of sp³-hybridized carbons (Fsp3) is 0.0400. The highest BCUT2D eigenvalue weighted by Crippen LogP contribution is 2.32. The SMILES string of the molecule is O=C(c1ccc2ccccc2c1)N(Cc1ccccc1)c1nc2ccc(Cl)cc2s1. The Morgan fingerprint density at radius 1 is 0.867 bits per heavy atom. The molecule has 0 saturated heterocycles. The number of nitrogens with zero attached hydrogens (tertiary/aromatic N) is 2. The monoisotopic (exact) mass is 428 g/mol. The Hall–Kier alpha value is -3.21. The summed E-state index contributed by atoms with van der Waals surface area (Å²) < 4.78 is 0.960. The number of rotatable bonds is 4. The van der Waals surface area contributed by atoms with E-state index in [-0.39, 0.29) is 5.91 Å². The van der Waals surface area contributed by atoms with Gasteiger partial charge >= 0.3 is 0 Å². The van der Waals surface area contributed by atoms with Crippen LogP contribution < -0.4 is 4.90 Å². The molecule has 0 bridgehead atoms. The van der Waals surface area contributed by atoms with Crippen molar-refractivity contribution in [2.45, 2.75) is 6.54 Å². The molecule has 1 heterocycles.